The van der Waals surface area contributed by atoms with E-state index in [0.29, 0.717) is 19.6 Å². The first-order chi connectivity index (χ1) is 10.6. The van der Waals surface area contributed by atoms with Gasteiger partial charge >= 0.3 is 6.09 Å². The Morgan fingerprint density at radius 2 is 2.18 bits per heavy atom. The standard InChI is InChI=1S/C17H22N2O3/c1-13-9-17(10-15(20)18-12-17)7-8-19(13)16(21)22-11-14-5-3-2-4-6-14/h2-6,13H,7-12H2,1H3,(H,18,20). The number of nitrogens with one attached hydrogen (secondary N) is 1. The average molecular weight is 302 g/mol. The van der Waals surface area contributed by atoms with Crippen molar-refractivity contribution in [2.24, 2.45) is 5.41 Å². The average Bonchev–Trinajstić information content (AvgIpc) is 2.86. The van der Waals surface area contributed by atoms with Crippen LogP contribution in [-0.4, -0.2) is 36.0 Å². The molecular formula is C17H22N2O3. The van der Waals surface area contributed by atoms with Crippen molar-refractivity contribution in [2.45, 2.75) is 38.8 Å². The van der Waals surface area contributed by atoms with Gasteiger partial charge in [0.2, 0.25) is 5.91 Å². The molecule has 2 aliphatic heterocycles. The Hall–Kier alpha value is -2.04. The molecule has 0 saturated carbocycles. The second-order valence-corrected chi connectivity index (χ2v) is 6.49. The lowest BCUT2D eigenvalue weighted by molar-refractivity contribution is -0.119. The van der Waals surface area contributed by atoms with E-state index >= 15 is 0 Å². The molecule has 2 fully saturated rings. The summed E-state index contributed by atoms with van der Waals surface area (Å²) in [4.78, 5) is 25.5. The highest BCUT2D eigenvalue weighted by Gasteiger charge is 2.44. The molecule has 1 N–H and O–H groups in total. The molecule has 0 radical (unpaired) electrons. The number of carbonyl (C=O) groups is 2. The molecule has 2 heterocycles. The number of ether oxygens (including phenoxy) is 1. The minimum Gasteiger partial charge on any atom is -0.445 e. The third-order valence-electron chi connectivity index (χ3n) is 4.78. The van der Waals surface area contributed by atoms with Crippen molar-refractivity contribution in [1.82, 2.24) is 10.2 Å². The zero-order valence-corrected chi connectivity index (χ0v) is 12.9. The molecule has 3 rings (SSSR count). The van der Waals surface area contributed by atoms with Crippen molar-refractivity contribution in [2.75, 3.05) is 13.1 Å². The molecule has 1 aromatic carbocycles. The fourth-order valence-corrected chi connectivity index (χ4v) is 3.56. The maximum absolute atomic E-state index is 12.3. The van der Waals surface area contributed by atoms with Crippen LogP contribution in [0.15, 0.2) is 30.3 Å². The van der Waals surface area contributed by atoms with Gasteiger partial charge in [0.05, 0.1) is 0 Å². The van der Waals surface area contributed by atoms with Crippen molar-refractivity contribution in [3.8, 4) is 0 Å². The molecule has 0 aliphatic carbocycles. The minimum atomic E-state index is -0.261. The summed E-state index contributed by atoms with van der Waals surface area (Å²) >= 11 is 0. The van der Waals surface area contributed by atoms with E-state index in [1.165, 1.54) is 0 Å². The van der Waals surface area contributed by atoms with Crippen LogP contribution < -0.4 is 5.32 Å². The van der Waals surface area contributed by atoms with Crippen molar-refractivity contribution < 1.29 is 14.3 Å². The van der Waals surface area contributed by atoms with Crippen LogP contribution in [0.5, 0.6) is 0 Å². The van der Waals surface area contributed by atoms with Crippen LogP contribution in [0.25, 0.3) is 0 Å². The Labute approximate surface area is 130 Å². The molecule has 1 spiro atoms. The molecular weight excluding hydrogens is 280 g/mol. The summed E-state index contributed by atoms with van der Waals surface area (Å²) in [7, 11) is 0. The highest BCUT2D eigenvalue weighted by Crippen LogP contribution is 2.40. The highest BCUT2D eigenvalue weighted by molar-refractivity contribution is 5.79. The number of hydrogen-bond acceptors (Lipinski definition) is 3. The predicted molar refractivity (Wildman–Crippen MR) is 82.1 cm³/mol. The predicted octanol–water partition coefficient (Wildman–Crippen LogP) is 2.31. The quantitative estimate of drug-likeness (QED) is 0.912. The molecule has 2 unspecified atom stereocenters. The summed E-state index contributed by atoms with van der Waals surface area (Å²) in [5, 5.41) is 2.92. The van der Waals surface area contributed by atoms with E-state index in [1.807, 2.05) is 37.3 Å². The van der Waals surface area contributed by atoms with Gasteiger partial charge in [-0.1, -0.05) is 30.3 Å². The summed E-state index contributed by atoms with van der Waals surface area (Å²) < 4.78 is 5.41. The number of hydrogen-bond donors (Lipinski definition) is 1. The van der Waals surface area contributed by atoms with Gasteiger partial charge in [-0.3, -0.25) is 4.79 Å². The Morgan fingerprint density at radius 3 is 2.82 bits per heavy atom. The van der Waals surface area contributed by atoms with Gasteiger partial charge in [-0.05, 0) is 25.3 Å². The van der Waals surface area contributed by atoms with Crippen LogP contribution >= 0.6 is 0 Å². The Kier molecular flexibility index (Phi) is 4.05. The molecule has 118 valence electrons. The maximum atomic E-state index is 12.3. The van der Waals surface area contributed by atoms with Gasteiger partial charge in [-0.15, -0.1) is 0 Å². The smallest absolute Gasteiger partial charge is 0.410 e. The normalized spacial score (nSPS) is 27.8. The first kappa shape index (κ1) is 14.9. The van der Waals surface area contributed by atoms with Crippen molar-refractivity contribution >= 4 is 12.0 Å². The van der Waals surface area contributed by atoms with E-state index in [2.05, 4.69) is 5.32 Å². The molecule has 1 aromatic rings. The van der Waals surface area contributed by atoms with Gasteiger partial charge in [0.25, 0.3) is 0 Å². The van der Waals surface area contributed by atoms with Crippen LogP contribution in [-0.2, 0) is 16.1 Å². The summed E-state index contributed by atoms with van der Waals surface area (Å²) in [6.45, 7) is 3.73. The fourth-order valence-electron chi connectivity index (χ4n) is 3.56. The van der Waals surface area contributed by atoms with E-state index < -0.39 is 0 Å². The number of piperidine rings is 1. The summed E-state index contributed by atoms with van der Waals surface area (Å²) in [5.41, 5.74) is 1.02. The monoisotopic (exact) mass is 302 g/mol. The third-order valence-corrected chi connectivity index (χ3v) is 4.78. The summed E-state index contributed by atoms with van der Waals surface area (Å²) in [6.07, 6.45) is 2.04. The molecule has 0 aromatic heterocycles. The van der Waals surface area contributed by atoms with Crippen molar-refractivity contribution in [1.29, 1.82) is 0 Å². The largest absolute Gasteiger partial charge is 0.445 e. The Balaban J connectivity index is 1.55. The number of likely N-dealkylation sites (tertiary alicyclic amines) is 1. The van der Waals surface area contributed by atoms with Gasteiger partial charge in [-0.2, -0.15) is 0 Å². The van der Waals surface area contributed by atoms with Gasteiger partial charge < -0.3 is 15.0 Å². The van der Waals surface area contributed by atoms with E-state index in [1.54, 1.807) is 4.90 Å². The van der Waals surface area contributed by atoms with Crippen LogP contribution in [0.3, 0.4) is 0 Å². The zero-order valence-electron chi connectivity index (χ0n) is 12.9. The first-order valence-corrected chi connectivity index (χ1v) is 7.82. The second kappa shape index (κ2) is 5.99. The molecule has 22 heavy (non-hydrogen) atoms. The molecule has 5 heteroatoms. The molecule has 2 amide bonds. The van der Waals surface area contributed by atoms with Crippen LogP contribution in [0, 0.1) is 5.41 Å². The minimum absolute atomic E-state index is 0.0344. The van der Waals surface area contributed by atoms with E-state index in [-0.39, 0.29) is 23.5 Å². The van der Waals surface area contributed by atoms with Gasteiger partial charge in [-0.25, -0.2) is 4.79 Å². The lowest BCUT2D eigenvalue weighted by Gasteiger charge is -2.42. The third kappa shape index (κ3) is 3.08. The summed E-state index contributed by atoms with van der Waals surface area (Å²) in [6, 6.07) is 9.79. The molecule has 2 atom stereocenters. The zero-order chi connectivity index (χ0) is 15.6. The number of carbonyl (C=O) groups excluding carboxylic acids is 2. The topological polar surface area (TPSA) is 58.6 Å². The van der Waals surface area contributed by atoms with Gasteiger partial charge in [0, 0.05) is 31.0 Å². The van der Waals surface area contributed by atoms with Crippen LogP contribution in [0.4, 0.5) is 4.79 Å². The Morgan fingerprint density at radius 1 is 1.41 bits per heavy atom. The lowest BCUT2D eigenvalue weighted by Crippen LogP contribution is -2.49. The van der Waals surface area contributed by atoms with Crippen LogP contribution in [0.1, 0.15) is 31.7 Å². The maximum Gasteiger partial charge on any atom is 0.410 e. The molecule has 5 nitrogen and oxygen atoms in total. The molecule has 0 bridgehead atoms. The van der Waals surface area contributed by atoms with Crippen molar-refractivity contribution in [3.63, 3.8) is 0 Å². The summed E-state index contributed by atoms with van der Waals surface area (Å²) in [5.74, 6) is 0.132. The number of rotatable bonds is 2. The van der Waals surface area contributed by atoms with E-state index in [0.717, 1.165) is 24.9 Å². The number of amides is 2. The highest BCUT2D eigenvalue weighted by atomic mass is 16.6. The second-order valence-electron chi connectivity index (χ2n) is 6.49. The SMILES string of the molecule is CC1CC2(CCN1C(=O)OCc1ccccc1)CNC(=O)C2. The number of nitrogens with zero attached hydrogens (tertiary/aromatic N) is 1. The van der Waals surface area contributed by atoms with Gasteiger partial charge in [0.15, 0.2) is 0 Å². The molecule has 2 aliphatic rings. The van der Waals surface area contributed by atoms with Crippen LogP contribution in [0.2, 0.25) is 0 Å². The lowest BCUT2D eigenvalue weighted by atomic mass is 9.75. The first-order valence-electron chi connectivity index (χ1n) is 7.82. The Bertz CT molecular complexity index is 560. The van der Waals surface area contributed by atoms with E-state index in [4.69, 9.17) is 4.74 Å². The van der Waals surface area contributed by atoms with Gasteiger partial charge in [0.1, 0.15) is 6.61 Å². The van der Waals surface area contributed by atoms with Crippen molar-refractivity contribution in [3.05, 3.63) is 35.9 Å². The van der Waals surface area contributed by atoms with E-state index in [9.17, 15) is 9.59 Å². The fraction of sp³-hybridized carbons (Fsp3) is 0.529. The number of benzene rings is 1. The molecule has 2 saturated heterocycles.